The smallest absolute Gasteiger partial charge is 0.242 e. The lowest BCUT2D eigenvalue weighted by atomic mass is 9.97. The average molecular weight is 304 g/mol. The van der Waals surface area contributed by atoms with Gasteiger partial charge in [-0.1, -0.05) is 19.8 Å². The van der Waals surface area contributed by atoms with Crippen molar-refractivity contribution < 1.29 is 9.59 Å². The summed E-state index contributed by atoms with van der Waals surface area (Å²) in [5.74, 6) is 0.272. The van der Waals surface area contributed by atoms with E-state index in [0.717, 1.165) is 45.2 Å². The molecule has 1 saturated carbocycles. The molecular weight excluding hydrogens is 278 g/mol. The van der Waals surface area contributed by atoms with Crippen molar-refractivity contribution in [1.29, 1.82) is 0 Å². The highest BCUT2D eigenvalue weighted by molar-refractivity contribution is 5.86. The third-order valence-electron chi connectivity index (χ3n) is 4.36. The molecule has 1 heterocycles. The lowest BCUT2D eigenvalue weighted by Gasteiger charge is -2.30. The van der Waals surface area contributed by atoms with Crippen LogP contribution in [0.25, 0.3) is 0 Å². The van der Waals surface area contributed by atoms with Crippen LogP contribution in [0.2, 0.25) is 0 Å². The van der Waals surface area contributed by atoms with Crippen molar-refractivity contribution in [2.24, 2.45) is 5.73 Å². The fourth-order valence-corrected chi connectivity index (χ4v) is 3.13. The second-order valence-electron chi connectivity index (χ2n) is 5.74. The SMILES string of the molecule is CCC(=O)N1CCCN(C(=O)C2(N)CCCC2)CC1.Cl. The van der Waals surface area contributed by atoms with Gasteiger partial charge in [0.15, 0.2) is 0 Å². The van der Waals surface area contributed by atoms with Crippen molar-refractivity contribution in [2.75, 3.05) is 26.2 Å². The Balaban J connectivity index is 0.00000200. The monoisotopic (exact) mass is 303 g/mol. The van der Waals surface area contributed by atoms with Crippen LogP contribution in [0.5, 0.6) is 0 Å². The van der Waals surface area contributed by atoms with Gasteiger partial charge in [-0.3, -0.25) is 9.59 Å². The fourth-order valence-electron chi connectivity index (χ4n) is 3.13. The highest BCUT2D eigenvalue weighted by Gasteiger charge is 2.40. The van der Waals surface area contributed by atoms with Gasteiger partial charge < -0.3 is 15.5 Å². The van der Waals surface area contributed by atoms with Crippen molar-refractivity contribution in [3.05, 3.63) is 0 Å². The molecule has 0 radical (unpaired) electrons. The lowest BCUT2D eigenvalue weighted by Crippen LogP contribution is -2.54. The van der Waals surface area contributed by atoms with Crippen LogP contribution in [0.15, 0.2) is 0 Å². The Morgan fingerprint density at radius 3 is 2.15 bits per heavy atom. The van der Waals surface area contributed by atoms with E-state index in [0.29, 0.717) is 19.5 Å². The van der Waals surface area contributed by atoms with Gasteiger partial charge in [-0.25, -0.2) is 0 Å². The van der Waals surface area contributed by atoms with Gasteiger partial charge in [-0.15, -0.1) is 12.4 Å². The molecule has 2 amide bonds. The van der Waals surface area contributed by atoms with Gasteiger partial charge in [0.1, 0.15) is 0 Å². The molecule has 20 heavy (non-hydrogen) atoms. The first-order valence-electron chi connectivity index (χ1n) is 7.43. The minimum Gasteiger partial charge on any atom is -0.341 e. The van der Waals surface area contributed by atoms with Gasteiger partial charge >= 0.3 is 0 Å². The molecule has 5 nitrogen and oxygen atoms in total. The number of carbonyl (C=O) groups is 2. The second kappa shape index (κ2) is 7.27. The molecule has 0 atom stereocenters. The standard InChI is InChI=1S/C14H25N3O2.ClH/c1-2-12(18)16-8-5-9-17(11-10-16)13(19)14(15)6-3-4-7-14;/h2-11,15H2,1H3;1H. The molecule has 1 aliphatic carbocycles. The van der Waals surface area contributed by atoms with E-state index in [-0.39, 0.29) is 24.2 Å². The van der Waals surface area contributed by atoms with Gasteiger partial charge in [-0.2, -0.15) is 0 Å². The number of rotatable bonds is 2. The molecule has 2 fully saturated rings. The average Bonchev–Trinajstić information content (AvgIpc) is 2.73. The topological polar surface area (TPSA) is 66.6 Å². The molecule has 0 aromatic heterocycles. The first-order chi connectivity index (χ1) is 9.07. The number of hydrogen-bond acceptors (Lipinski definition) is 3. The normalized spacial score (nSPS) is 22.1. The lowest BCUT2D eigenvalue weighted by molar-refractivity contribution is -0.137. The summed E-state index contributed by atoms with van der Waals surface area (Å²) in [5, 5.41) is 0. The summed E-state index contributed by atoms with van der Waals surface area (Å²) < 4.78 is 0. The van der Waals surface area contributed by atoms with Crippen molar-refractivity contribution >= 4 is 24.2 Å². The highest BCUT2D eigenvalue weighted by atomic mass is 35.5. The Morgan fingerprint density at radius 2 is 1.55 bits per heavy atom. The van der Waals surface area contributed by atoms with Crippen LogP contribution in [0, 0.1) is 0 Å². The number of hydrogen-bond donors (Lipinski definition) is 1. The van der Waals surface area contributed by atoms with E-state index >= 15 is 0 Å². The summed E-state index contributed by atoms with van der Waals surface area (Å²) in [6.45, 7) is 4.64. The maximum absolute atomic E-state index is 12.5. The van der Waals surface area contributed by atoms with Gasteiger partial charge in [0.25, 0.3) is 0 Å². The molecule has 1 saturated heterocycles. The van der Waals surface area contributed by atoms with Crippen LogP contribution >= 0.6 is 12.4 Å². The molecule has 0 aromatic carbocycles. The van der Waals surface area contributed by atoms with Crippen LogP contribution in [-0.4, -0.2) is 53.3 Å². The van der Waals surface area contributed by atoms with Crippen LogP contribution < -0.4 is 5.73 Å². The van der Waals surface area contributed by atoms with Crippen molar-refractivity contribution in [2.45, 2.75) is 51.0 Å². The molecule has 1 aliphatic heterocycles. The number of nitrogens with two attached hydrogens (primary N) is 1. The zero-order chi connectivity index (χ0) is 13.9. The molecule has 0 unspecified atom stereocenters. The second-order valence-corrected chi connectivity index (χ2v) is 5.74. The predicted molar refractivity (Wildman–Crippen MR) is 80.7 cm³/mol. The molecule has 2 N–H and O–H groups in total. The van der Waals surface area contributed by atoms with Crippen molar-refractivity contribution in [3.63, 3.8) is 0 Å². The Kier molecular flexibility index (Phi) is 6.27. The van der Waals surface area contributed by atoms with Crippen LogP contribution in [0.1, 0.15) is 45.4 Å². The third-order valence-corrected chi connectivity index (χ3v) is 4.36. The Hall–Kier alpha value is -0.810. The zero-order valence-corrected chi connectivity index (χ0v) is 13.1. The van der Waals surface area contributed by atoms with Crippen LogP contribution in [-0.2, 0) is 9.59 Å². The van der Waals surface area contributed by atoms with Gasteiger partial charge in [0, 0.05) is 32.6 Å². The molecule has 0 aromatic rings. The molecular formula is C14H26ClN3O2. The van der Waals surface area contributed by atoms with E-state index in [1.807, 2.05) is 16.7 Å². The maximum atomic E-state index is 12.5. The van der Waals surface area contributed by atoms with Gasteiger partial charge in [0.05, 0.1) is 5.54 Å². The Labute approximate surface area is 127 Å². The first kappa shape index (κ1) is 17.2. The van der Waals surface area contributed by atoms with E-state index < -0.39 is 5.54 Å². The van der Waals surface area contributed by atoms with E-state index in [2.05, 4.69) is 0 Å². The summed E-state index contributed by atoms with van der Waals surface area (Å²) >= 11 is 0. The van der Waals surface area contributed by atoms with Crippen LogP contribution in [0.4, 0.5) is 0 Å². The summed E-state index contributed by atoms with van der Waals surface area (Å²) in [6, 6.07) is 0. The number of nitrogens with zero attached hydrogens (tertiary/aromatic N) is 2. The van der Waals surface area contributed by atoms with Crippen molar-refractivity contribution in [1.82, 2.24) is 9.80 Å². The van der Waals surface area contributed by atoms with E-state index in [4.69, 9.17) is 5.73 Å². The Morgan fingerprint density at radius 1 is 1.00 bits per heavy atom. The quantitative estimate of drug-likeness (QED) is 0.832. The number of halogens is 1. The first-order valence-corrected chi connectivity index (χ1v) is 7.43. The summed E-state index contributed by atoms with van der Waals surface area (Å²) in [4.78, 5) is 28.0. The molecule has 0 spiro atoms. The summed E-state index contributed by atoms with van der Waals surface area (Å²) in [5.41, 5.74) is 5.60. The molecule has 2 rings (SSSR count). The zero-order valence-electron chi connectivity index (χ0n) is 12.3. The van der Waals surface area contributed by atoms with Crippen LogP contribution in [0.3, 0.4) is 0 Å². The third kappa shape index (κ3) is 3.64. The van der Waals surface area contributed by atoms with E-state index in [1.54, 1.807) is 0 Å². The molecule has 6 heteroatoms. The van der Waals surface area contributed by atoms with Gasteiger partial charge in [-0.05, 0) is 19.3 Å². The predicted octanol–water partition coefficient (Wildman–Crippen LogP) is 1.15. The molecule has 116 valence electrons. The minimum absolute atomic E-state index is 0. The Bertz CT molecular complexity index is 356. The summed E-state index contributed by atoms with van der Waals surface area (Å²) in [6.07, 6.45) is 5.11. The molecule has 0 bridgehead atoms. The number of amides is 2. The largest absolute Gasteiger partial charge is 0.341 e. The maximum Gasteiger partial charge on any atom is 0.242 e. The summed E-state index contributed by atoms with van der Waals surface area (Å²) in [7, 11) is 0. The molecule has 2 aliphatic rings. The fraction of sp³-hybridized carbons (Fsp3) is 0.857. The van der Waals surface area contributed by atoms with E-state index in [9.17, 15) is 9.59 Å². The van der Waals surface area contributed by atoms with E-state index in [1.165, 1.54) is 0 Å². The van der Waals surface area contributed by atoms with Gasteiger partial charge in [0.2, 0.25) is 11.8 Å². The number of carbonyl (C=O) groups excluding carboxylic acids is 2. The minimum atomic E-state index is -0.635. The van der Waals surface area contributed by atoms with Crippen molar-refractivity contribution in [3.8, 4) is 0 Å². The highest BCUT2D eigenvalue weighted by Crippen LogP contribution is 2.29.